The van der Waals surface area contributed by atoms with Crippen molar-refractivity contribution in [2.45, 2.75) is 56.5 Å². The van der Waals surface area contributed by atoms with E-state index in [0.29, 0.717) is 10.7 Å². The van der Waals surface area contributed by atoms with E-state index in [1.165, 1.54) is 12.1 Å². The van der Waals surface area contributed by atoms with Crippen molar-refractivity contribution in [3.8, 4) is 11.3 Å². The van der Waals surface area contributed by atoms with Crippen LogP contribution in [0, 0.1) is 18.7 Å². The summed E-state index contributed by atoms with van der Waals surface area (Å²) in [4.78, 5) is 22.0. The molecular weight excluding hydrogens is 451 g/mol. The summed E-state index contributed by atoms with van der Waals surface area (Å²) in [6, 6.07) is 15.5. The number of rotatable bonds is 7. The molecule has 2 aromatic carbocycles. The van der Waals surface area contributed by atoms with Crippen LogP contribution < -0.4 is 10.0 Å². The smallest absolute Gasteiger partial charge is 0.223 e. The molecule has 3 aromatic rings. The molecule has 1 unspecified atom stereocenters. The first-order valence-corrected chi connectivity index (χ1v) is 12.7. The molecule has 1 aliphatic rings. The third-order valence-electron chi connectivity index (χ3n) is 6.22. The average Bonchev–Trinajstić information content (AvgIpc) is 2.85. The molecule has 1 fully saturated rings. The van der Waals surface area contributed by atoms with E-state index < -0.39 is 11.0 Å². The van der Waals surface area contributed by atoms with Crippen LogP contribution in [0.25, 0.3) is 11.3 Å². The minimum atomic E-state index is -1.35. The van der Waals surface area contributed by atoms with Crippen LogP contribution in [0.1, 0.15) is 50.0 Å². The molecule has 1 aromatic heterocycles. The largest absolute Gasteiger partial charge is 0.349 e. The first-order chi connectivity index (χ1) is 16.4. The second-order valence-electron chi connectivity index (χ2n) is 8.73. The maximum atomic E-state index is 13.1. The number of halogens is 1. The lowest BCUT2D eigenvalue weighted by Gasteiger charge is -2.29. The molecule has 1 heterocycles. The molecule has 8 heteroatoms. The fraction of sp³-hybridized carbons (Fsp3) is 0.346. The second-order valence-corrected chi connectivity index (χ2v) is 9.98. The summed E-state index contributed by atoms with van der Waals surface area (Å²) in [5.41, 5.74) is 2.57. The standard InChI is InChI=1S/C26H29FN4O2S/c1-17(19-6-10-22(27)11-7-19)29-26(32)20-8-12-23(13-9-20)31-34(33)24-5-3-4-21(16-24)25-14-15-28-18(2)30-25/h3-7,10-11,14-17,20,23,31H,8-9,12-13H2,1-2H3,(H,29,32)/t17-,20?,23?,34?/m1/s1. The number of hydrogen-bond donors (Lipinski definition) is 2. The molecule has 1 saturated carbocycles. The first kappa shape index (κ1) is 24.2. The average molecular weight is 481 g/mol. The number of aryl methyl sites for hydroxylation is 1. The Balaban J connectivity index is 1.29. The van der Waals surface area contributed by atoms with Crippen LogP contribution in [0.5, 0.6) is 0 Å². The van der Waals surface area contributed by atoms with Gasteiger partial charge in [-0.25, -0.2) is 23.3 Å². The van der Waals surface area contributed by atoms with Gasteiger partial charge in [0.1, 0.15) is 22.6 Å². The minimum Gasteiger partial charge on any atom is -0.349 e. The van der Waals surface area contributed by atoms with Gasteiger partial charge in [-0.1, -0.05) is 24.3 Å². The maximum Gasteiger partial charge on any atom is 0.223 e. The lowest BCUT2D eigenvalue weighted by molar-refractivity contribution is -0.126. The van der Waals surface area contributed by atoms with Crippen molar-refractivity contribution in [3.63, 3.8) is 0 Å². The lowest BCUT2D eigenvalue weighted by atomic mass is 9.85. The highest BCUT2D eigenvalue weighted by Crippen LogP contribution is 2.27. The van der Waals surface area contributed by atoms with Gasteiger partial charge in [-0.05, 0) is 75.4 Å². The van der Waals surface area contributed by atoms with Crippen LogP contribution in [0.4, 0.5) is 4.39 Å². The van der Waals surface area contributed by atoms with Crippen LogP contribution in [-0.4, -0.2) is 26.1 Å². The Labute approximate surface area is 202 Å². The van der Waals surface area contributed by atoms with Gasteiger partial charge in [0.2, 0.25) is 5.91 Å². The van der Waals surface area contributed by atoms with Crippen molar-refractivity contribution in [1.29, 1.82) is 0 Å². The highest BCUT2D eigenvalue weighted by Gasteiger charge is 2.28. The number of benzene rings is 2. The summed E-state index contributed by atoms with van der Waals surface area (Å²) in [6.45, 7) is 3.74. The van der Waals surface area contributed by atoms with Crippen molar-refractivity contribution in [3.05, 3.63) is 78.0 Å². The monoisotopic (exact) mass is 480 g/mol. The summed E-state index contributed by atoms with van der Waals surface area (Å²) in [5.74, 6) is 0.347. The van der Waals surface area contributed by atoms with E-state index in [0.717, 1.165) is 42.5 Å². The number of carbonyl (C=O) groups is 1. The van der Waals surface area contributed by atoms with E-state index in [4.69, 9.17) is 0 Å². The van der Waals surface area contributed by atoms with Gasteiger partial charge in [0.15, 0.2) is 0 Å². The predicted molar refractivity (Wildman–Crippen MR) is 130 cm³/mol. The Kier molecular flexibility index (Phi) is 7.80. The zero-order chi connectivity index (χ0) is 24.1. The molecule has 178 valence electrons. The highest BCUT2D eigenvalue weighted by atomic mass is 32.2. The number of nitrogens with zero attached hydrogens (tertiary/aromatic N) is 2. The van der Waals surface area contributed by atoms with E-state index in [1.807, 2.05) is 44.2 Å². The molecular formula is C26H29FN4O2S. The van der Waals surface area contributed by atoms with Crippen molar-refractivity contribution >= 4 is 16.9 Å². The Morgan fingerprint density at radius 2 is 1.82 bits per heavy atom. The number of nitrogens with one attached hydrogen (secondary N) is 2. The normalized spacial score (nSPS) is 19.9. The summed E-state index contributed by atoms with van der Waals surface area (Å²) < 4.78 is 29.3. The van der Waals surface area contributed by atoms with E-state index >= 15 is 0 Å². The fourth-order valence-electron chi connectivity index (χ4n) is 4.25. The molecule has 0 saturated heterocycles. The molecule has 0 aliphatic heterocycles. The summed E-state index contributed by atoms with van der Waals surface area (Å²) in [7, 11) is -1.35. The maximum absolute atomic E-state index is 13.1. The van der Waals surface area contributed by atoms with Crippen LogP contribution in [0.3, 0.4) is 0 Å². The van der Waals surface area contributed by atoms with Crippen molar-refractivity contribution in [2.75, 3.05) is 0 Å². The SMILES string of the molecule is Cc1nccc(-c2cccc(S(=O)NC3CCC(C(=O)N[C@H](C)c4ccc(F)cc4)CC3)c2)n1. The molecule has 6 nitrogen and oxygen atoms in total. The van der Waals surface area contributed by atoms with Gasteiger partial charge in [0, 0.05) is 23.7 Å². The molecule has 2 atom stereocenters. The van der Waals surface area contributed by atoms with Gasteiger partial charge in [-0.3, -0.25) is 4.79 Å². The van der Waals surface area contributed by atoms with Gasteiger partial charge in [0.25, 0.3) is 0 Å². The van der Waals surface area contributed by atoms with Crippen LogP contribution in [0.2, 0.25) is 0 Å². The Morgan fingerprint density at radius 1 is 1.09 bits per heavy atom. The molecule has 2 N–H and O–H groups in total. The number of amides is 1. The van der Waals surface area contributed by atoms with E-state index in [2.05, 4.69) is 20.0 Å². The van der Waals surface area contributed by atoms with Crippen molar-refractivity contribution in [1.82, 2.24) is 20.0 Å². The highest BCUT2D eigenvalue weighted by molar-refractivity contribution is 7.83. The van der Waals surface area contributed by atoms with Gasteiger partial charge in [0.05, 0.1) is 16.6 Å². The Bertz CT molecular complexity index is 1160. The lowest BCUT2D eigenvalue weighted by Crippen LogP contribution is -2.39. The van der Waals surface area contributed by atoms with Crippen molar-refractivity contribution < 1.29 is 13.4 Å². The minimum absolute atomic E-state index is 0.0178. The third kappa shape index (κ3) is 6.12. The molecule has 1 amide bonds. The molecule has 0 bridgehead atoms. The summed E-state index contributed by atoms with van der Waals surface area (Å²) in [5, 5.41) is 3.04. The number of hydrogen-bond acceptors (Lipinski definition) is 4. The van der Waals surface area contributed by atoms with Crippen LogP contribution in [-0.2, 0) is 15.8 Å². The fourth-order valence-corrected chi connectivity index (χ4v) is 5.36. The van der Waals surface area contributed by atoms with Gasteiger partial charge in [-0.15, -0.1) is 0 Å². The second kappa shape index (κ2) is 11.0. The van der Waals surface area contributed by atoms with Crippen molar-refractivity contribution in [2.24, 2.45) is 5.92 Å². The van der Waals surface area contributed by atoms with E-state index in [9.17, 15) is 13.4 Å². The zero-order valence-electron chi connectivity index (χ0n) is 19.3. The van der Waals surface area contributed by atoms with E-state index in [1.54, 1.807) is 18.3 Å². The number of aromatic nitrogens is 2. The molecule has 0 radical (unpaired) electrons. The summed E-state index contributed by atoms with van der Waals surface area (Å²) in [6.07, 6.45) is 4.74. The van der Waals surface area contributed by atoms with Gasteiger partial charge in [-0.2, -0.15) is 0 Å². The number of carbonyl (C=O) groups excluding carboxylic acids is 1. The summed E-state index contributed by atoms with van der Waals surface area (Å²) >= 11 is 0. The zero-order valence-corrected chi connectivity index (χ0v) is 20.1. The molecule has 1 aliphatic carbocycles. The first-order valence-electron chi connectivity index (χ1n) is 11.5. The van der Waals surface area contributed by atoms with E-state index in [-0.39, 0.29) is 29.7 Å². The Morgan fingerprint density at radius 3 is 2.53 bits per heavy atom. The molecule has 34 heavy (non-hydrogen) atoms. The topological polar surface area (TPSA) is 84.0 Å². The molecule has 0 spiro atoms. The third-order valence-corrected chi connectivity index (χ3v) is 7.45. The van der Waals surface area contributed by atoms with Gasteiger partial charge < -0.3 is 5.32 Å². The predicted octanol–water partition coefficient (Wildman–Crippen LogP) is 4.64. The quantitative estimate of drug-likeness (QED) is 0.516. The Hall–Kier alpha value is -2.97. The van der Waals surface area contributed by atoms with Gasteiger partial charge >= 0.3 is 0 Å². The molecule has 4 rings (SSSR count). The van der Waals surface area contributed by atoms with Crippen LogP contribution in [0.15, 0.2) is 65.7 Å². The van der Waals surface area contributed by atoms with Crippen LogP contribution >= 0.6 is 0 Å².